The van der Waals surface area contributed by atoms with Crippen LogP contribution in [-0.2, 0) is 17.3 Å². The molecule has 170 valence electrons. The molecule has 0 aliphatic carbocycles. The largest absolute Gasteiger partial charge is 0.527 e. The van der Waals surface area contributed by atoms with Crippen LogP contribution in [0, 0.1) is 17.5 Å². The molecule has 0 bridgehead atoms. The summed E-state index contributed by atoms with van der Waals surface area (Å²) in [6.07, 6.45) is -9.30. The third kappa shape index (κ3) is 5.27. The topological polar surface area (TPSA) is 9.23 Å². The number of halogens is 8. The van der Waals surface area contributed by atoms with Gasteiger partial charge in [0.2, 0.25) is 0 Å². The zero-order chi connectivity index (χ0) is 23.7. The van der Waals surface area contributed by atoms with Crippen molar-refractivity contribution in [3.8, 4) is 22.3 Å². The molecule has 3 aromatic rings. The summed E-state index contributed by atoms with van der Waals surface area (Å²) in [7, 11) is 0. The fraction of sp³-hybridized carbons (Fsp3) is 0.217. The number of hydrogen-bond acceptors (Lipinski definition) is 1. The van der Waals surface area contributed by atoms with E-state index in [1.54, 1.807) is 12.1 Å². The Kier molecular flexibility index (Phi) is 6.59. The molecule has 0 radical (unpaired) electrons. The van der Waals surface area contributed by atoms with Crippen LogP contribution in [0.25, 0.3) is 22.3 Å². The molecule has 0 aliphatic rings. The average molecular weight is 460 g/mol. The maximum Gasteiger partial charge on any atom is 0.527 e. The predicted molar refractivity (Wildman–Crippen MR) is 102 cm³/mol. The molecular formula is C23H16F8O. The number of benzene rings is 3. The van der Waals surface area contributed by atoms with Crippen molar-refractivity contribution in [3.05, 3.63) is 83.2 Å². The van der Waals surface area contributed by atoms with Gasteiger partial charge in [-0.15, -0.1) is 13.2 Å². The van der Waals surface area contributed by atoms with Crippen LogP contribution < -0.4 is 0 Å². The van der Waals surface area contributed by atoms with Crippen molar-refractivity contribution in [2.75, 3.05) is 0 Å². The van der Waals surface area contributed by atoms with Gasteiger partial charge in [0.25, 0.3) is 0 Å². The van der Waals surface area contributed by atoms with E-state index in [1.807, 2.05) is 19.1 Å². The first kappa shape index (κ1) is 23.7. The Morgan fingerprint density at radius 3 is 1.72 bits per heavy atom. The molecule has 3 aromatic carbocycles. The Morgan fingerprint density at radius 2 is 1.22 bits per heavy atom. The van der Waals surface area contributed by atoms with Gasteiger partial charge in [0.1, 0.15) is 23.0 Å². The minimum atomic E-state index is -5.84. The summed E-state index contributed by atoms with van der Waals surface area (Å²) in [4.78, 5) is 0. The summed E-state index contributed by atoms with van der Waals surface area (Å²) in [6, 6.07) is 11.8. The van der Waals surface area contributed by atoms with Crippen molar-refractivity contribution in [1.82, 2.24) is 0 Å². The van der Waals surface area contributed by atoms with Gasteiger partial charge in [0.05, 0.1) is 0 Å². The van der Waals surface area contributed by atoms with E-state index in [0.717, 1.165) is 24.5 Å². The molecule has 0 spiro atoms. The molecule has 0 aliphatic heterocycles. The van der Waals surface area contributed by atoms with Gasteiger partial charge < -0.3 is 0 Å². The third-order valence-electron chi connectivity index (χ3n) is 4.68. The van der Waals surface area contributed by atoms with Crippen LogP contribution in [0.2, 0.25) is 0 Å². The summed E-state index contributed by atoms with van der Waals surface area (Å²) in [5, 5.41) is 0. The fourth-order valence-electron chi connectivity index (χ4n) is 3.28. The van der Waals surface area contributed by atoms with Crippen LogP contribution in [0.5, 0.6) is 0 Å². The van der Waals surface area contributed by atoms with E-state index in [-0.39, 0.29) is 5.56 Å². The lowest BCUT2D eigenvalue weighted by Crippen LogP contribution is -2.29. The monoisotopic (exact) mass is 460 g/mol. The van der Waals surface area contributed by atoms with Gasteiger partial charge in [0, 0.05) is 5.56 Å². The van der Waals surface area contributed by atoms with Crippen molar-refractivity contribution in [1.29, 1.82) is 0 Å². The van der Waals surface area contributed by atoms with Crippen molar-refractivity contribution < 1.29 is 39.9 Å². The molecule has 0 heterocycles. The van der Waals surface area contributed by atoms with Crippen LogP contribution in [0.4, 0.5) is 35.1 Å². The van der Waals surface area contributed by atoms with Crippen molar-refractivity contribution in [2.45, 2.75) is 32.2 Å². The summed E-state index contributed by atoms with van der Waals surface area (Å²) in [6.45, 7) is 2.03. The lowest BCUT2D eigenvalue weighted by atomic mass is 9.97. The van der Waals surface area contributed by atoms with Crippen LogP contribution in [-0.4, -0.2) is 6.36 Å². The first-order chi connectivity index (χ1) is 14.9. The van der Waals surface area contributed by atoms with E-state index in [4.69, 9.17) is 0 Å². The second-order valence-electron chi connectivity index (χ2n) is 7.02. The molecule has 0 saturated carbocycles. The zero-order valence-electron chi connectivity index (χ0n) is 16.5. The van der Waals surface area contributed by atoms with E-state index in [9.17, 15) is 35.1 Å². The Labute approximate surface area is 178 Å². The molecule has 9 heteroatoms. The molecule has 0 unspecified atom stereocenters. The molecule has 0 atom stereocenters. The molecule has 0 saturated heterocycles. The number of rotatable bonds is 6. The maximum atomic E-state index is 14.7. The second kappa shape index (κ2) is 8.90. The first-order valence-electron chi connectivity index (χ1n) is 9.44. The molecule has 0 amide bonds. The molecule has 32 heavy (non-hydrogen) atoms. The Hall–Kier alpha value is -2.94. The van der Waals surface area contributed by atoms with Crippen LogP contribution in [0.1, 0.15) is 24.5 Å². The highest BCUT2D eigenvalue weighted by atomic mass is 19.4. The van der Waals surface area contributed by atoms with Gasteiger partial charge in [-0.2, -0.15) is 8.78 Å². The smallest absolute Gasteiger partial charge is 0.222 e. The molecular weight excluding hydrogens is 444 g/mol. The quantitative estimate of drug-likeness (QED) is 0.339. The van der Waals surface area contributed by atoms with Gasteiger partial charge in [-0.25, -0.2) is 17.9 Å². The van der Waals surface area contributed by atoms with Gasteiger partial charge in [-0.1, -0.05) is 49.7 Å². The summed E-state index contributed by atoms with van der Waals surface area (Å²) < 4.78 is 109. The number of alkyl halides is 5. The van der Waals surface area contributed by atoms with E-state index in [0.29, 0.717) is 23.3 Å². The third-order valence-corrected chi connectivity index (χ3v) is 4.68. The number of aryl methyl sites for hydroxylation is 1. The molecule has 0 aromatic heterocycles. The lowest BCUT2D eigenvalue weighted by Gasteiger charge is -2.20. The standard InChI is InChI=1S/C23H16F8O/c1-2-3-13-4-6-14(7-5-13)15-8-9-17(18(24)10-15)16-11-19(25)21(20(26)12-16)22(27,28)32-23(29,30)31/h4-12H,2-3H2,1H3. The normalized spacial score (nSPS) is 12.3. The van der Waals surface area contributed by atoms with Gasteiger partial charge in [-0.3, -0.25) is 0 Å². The van der Waals surface area contributed by atoms with Gasteiger partial charge >= 0.3 is 12.5 Å². The maximum absolute atomic E-state index is 14.7. The minimum absolute atomic E-state index is 0.319. The second-order valence-corrected chi connectivity index (χ2v) is 7.02. The van der Waals surface area contributed by atoms with E-state index >= 15 is 0 Å². The van der Waals surface area contributed by atoms with E-state index in [1.165, 1.54) is 12.1 Å². The van der Waals surface area contributed by atoms with Crippen molar-refractivity contribution >= 4 is 0 Å². The molecule has 0 fully saturated rings. The minimum Gasteiger partial charge on any atom is -0.222 e. The van der Waals surface area contributed by atoms with E-state index < -0.39 is 41.0 Å². The van der Waals surface area contributed by atoms with E-state index in [2.05, 4.69) is 4.74 Å². The van der Waals surface area contributed by atoms with Gasteiger partial charge in [0.15, 0.2) is 0 Å². The Morgan fingerprint density at radius 1 is 0.688 bits per heavy atom. The Bertz CT molecular complexity index is 1080. The summed E-state index contributed by atoms with van der Waals surface area (Å²) >= 11 is 0. The average Bonchev–Trinajstić information content (AvgIpc) is 2.66. The van der Waals surface area contributed by atoms with Crippen LogP contribution >= 0.6 is 0 Å². The summed E-state index contributed by atoms with van der Waals surface area (Å²) in [5.41, 5.74) is -0.743. The fourth-order valence-corrected chi connectivity index (χ4v) is 3.28. The molecule has 1 nitrogen and oxygen atoms in total. The predicted octanol–water partition coefficient (Wildman–Crippen LogP) is 7.98. The highest BCUT2D eigenvalue weighted by Crippen LogP contribution is 2.40. The summed E-state index contributed by atoms with van der Waals surface area (Å²) in [5.74, 6) is -4.92. The van der Waals surface area contributed by atoms with Gasteiger partial charge in [-0.05, 0) is 46.9 Å². The highest BCUT2D eigenvalue weighted by molar-refractivity contribution is 5.71. The molecule has 3 rings (SSSR count). The number of hydrogen-bond donors (Lipinski definition) is 0. The SMILES string of the molecule is CCCc1ccc(-c2ccc(-c3cc(F)c(C(F)(F)OC(F)(F)F)c(F)c3)c(F)c2)cc1. The van der Waals surface area contributed by atoms with Crippen LogP contribution in [0.15, 0.2) is 54.6 Å². The first-order valence-corrected chi connectivity index (χ1v) is 9.44. The zero-order valence-corrected chi connectivity index (χ0v) is 16.5. The lowest BCUT2D eigenvalue weighted by molar-refractivity contribution is -0.432. The Balaban J connectivity index is 1.95. The van der Waals surface area contributed by atoms with Crippen LogP contribution in [0.3, 0.4) is 0 Å². The van der Waals surface area contributed by atoms with Crippen molar-refractivity contribution in [2.24, 2.45) is 0 Å². The molecule has 0 N–H and O–H groups in total. The number of ether oxygens (including phenoxy) is 1. The highest BCUT2D eigenvalue weighted by Gasteiger charge is 2.49. The van der Waals surface area contributed by atoms with Crippen molar-refractivity contribution in [3.63, 3.8) is 0 Å².